The Bertz CT molecular complexity index is 353. The normalized spacial score (nSPS) is 26.2. The number of H-pyrrole nitrogens is 1. The Kier molecular flexibility index (Phi) is 3.04. The highest BCUT2D eigenvalue weighted by Crippen LogP contribution is 2.26. The highest BCUT2D eigenvalue weighted by atomic mass is 16.5. The smallest absolute Gasteiger partial charge is 0.123 e. The molecule has 1 aromatic heterocycles. The van der Waals surface area contributed by atoms with Crippen molar-refractivity contribution in [3.8, 4) is 0 Å². The fraction of sp³-hybridized carbons (Fsp3) is 0.750. The van der Waals surface area contributed by atoms with Gasteiger partial charge in [-0.2, -0.15) is 0 Å². The molecule has 1 aromatic rings. The molecule has 4 nitrogen and oxygen atoms in total. The molecule has 4 heteroatoms. The molecule has 0 amide bonds. The molecule has 2 N–H and O–H groups in total. The predicted octanol–water partition coefficient (Wildman–Crippen LogP) is 1.76. The highest BCUT2D eigenvalue weighted by molar-refractivity contribution is 5.14. The number of nitrogens with zero attached hydrogens (tertiary/aromatic N) is 1. The van der Waals surface area contributed by atoms with Crippen molar-refractivity contribution < 1.29 is 4.74 Å². The summed E-state index contributed by atoms with van der Waals surface area (Å²) in [6, 6.07) is 0.307. The van der Waals surface area contributed by atoms with Crippen molar-refractivity contribution in [3.05, 3.63) is 17.7 Å². The molecule has 2 heterocycles. The van der Waals surface area contributed by atoms with Crippen LogP contribution in [0, 0.1) is 0 Å². The van der Waals surface area contributed by atoms with Gasteiger partial charge in [-0.05, 0) is 6.42 Å². The van der Waals surface area contributed by atoms with Gasteiger partial charge >= 0.3 is 0 Å². The lowest BCUT2D eigenvalue weighted by molar-refractivity contribution is 0.117. The molecule has 0 saturated carbocycles. The van der Waals surface area contributed by atoms with Gasteiger partial charge in [-0.1, -0.05) is 20.8 Å². The van der Waals surface area contributed by atoms with Crippen LogP contribution in [0.5, 0.6) is 0 Å². The number of ether oxygens (including phenoxy) is 1. The maximum absolute atomic E-state index is 5.33. The van der Waals surface area contributed by atoms with E-state index in [9.17, 15) is 0 Å². The quantitative estimate of drug-likeness (QED) is 0.803. The number of nitrogens with one attached hydrogen (secondary N) is 2. The Labute approximate surface area is 96.8 Å². The zero-order valence-corrected chi connectivity index (χ0v) is 10.5. The first-order valence-corrected chi connectivity index (χ1v) is 5.82. The van der Waals surface area contributed by atoms with Crippen LogP contribution in [0.3, 0.4) is 0 Å². The van der Waals surface area contributed by atoms with Gasteiger partial charge in [0, 0.05) is 31.0 Å². The van der Waals surface area contributed by atoms with E-state index < -0.39 is 0 Å². The van der Waals surface area contributed by atoms with Crippen LogP contribution in [0.2, 0.25) is 0 Å². The molecule has 0 aliphatic carbocycles. The minimum absolute atomic E-state index is 0.129. The molecule has 90 valence electrons. The van der Waals surface area contributed by atoms with Crippen LogP contribution in [0.15, 0.2) is 6.20 Å². The fourth-order valence-electron chi connectivity index (χ4n) is 1.99. The number of aromatic amines is 1. The first-order chi connectivity index (χ1) is 7.50. The molecule has 0 spiro atoms. The van der Waals surface area contributed by atoms with Gasteiger partial charge in [0.05, 0.1) is 12.1 Å². The molecule has 1 fully saturated rings. The summed E-state index contributed by atoms with van der Waals surface area (Å²) < 4.78 is 5.33. The van der Waals surface area contributed by atoms with Crippen molar-refractivity contribution in [1.29, 1.82) is 0 Å². The number of hydrogen-bond acceptors (Lipinski definition) is 3. The van der Waals surface area contributed by atoms with Gasteiger partial charge in [-0.15, -0.1) is 0 Å². The predicted molar refractivity (Wildman–Crippen MR) is 63.4 cm³/mol. The van der Waals surface area contributed by atoms with Gasteiger partial charge in [0.1, 0.15) is 5.82 Å². The minimum Gasteiger partial charge on any atom is -0.380 e. The molecule has 1 aliphatic heterocycles. The summed E-state index contributed by atoms with van der Waals surface area (Å²) in [4.78, 5) is 7.87. The lowest BCUT2D eigenvalue weighted by Gasteiger charge is -2.15. The SMILES string of the molecule is COC1CNC(c2ncc(C(C)(C)C)[nH]2)C1. The molecule has 2 rings (SSSR count). The van der Waals surface area contributed by atoms with Gasteiger partial charge in [-0.25, -0.2) is 4.98 Å². The average Bonchev–Trinajstić information content (AvgIpc) is 2.85. The van der Waals surface area contributed by atoms with Gasteiger partial charge in [0.25, 0.3) is 0 Å². The van der Waals surface area contributed by atoms with E-state index in [1.165, 1.54) is 5.69 Å². The fourth-order valence-corrected chi connectivity index (χ4v) is 1.99. The second-order valence-electron chi connectivity index (χ2n) is 5.49. The number of rotatable bonds is 2. The second-order valence-corrected chi connectivity index (χ2v) is 5.49. The summed E-state index contributed by atoms with van der Waals surface area (Å²) in [5, 5.41) is 3.42. The molecule has 16 heavy (non-hydrogen) atoms. The summed E-state index contributed by atoms with van der Waals surface area (Å²) in [5.74, 6) is 1.03. The number of methoxy groups -OCH3 is 1. The standard InChI is InChI=1S/C12H21N3O/c1-12(2,3)10-7-14-11(15-10)9-5-8(16-4)6-13-9/h7-9,13H,5-6H2,1-4H3,(H,14,15). The van der Waals surface area contributed by atoms with Crippen molar-refractivity contribution in [3.63, 3.8) is 0 Å². The second kappa shape index (κ2) is 4.18. The van der Waals surface area contributed by atoms with Crippen LogP contribution in [0.4, 0.5) is 0 Å². The van der Waals surface area contributed by atoms with E-state index in [4.69, 9.17) is 4.74 Å². The zero-order chi connectivity index (χ0) is 11.8. The largest absolute Gasteiger partial charge is 0.380 e. The average molecular weight is 223 g/mol. The van der Waals surface area contributed by atoms with E-state index in [1.807, 2.05) is 6.20 Å². The van der Waals surface area contributed by atoms with Crippen molar-refractivity contribution in [1.82, 2.24) is 15.3 Å². The lowest BCUT2D eigenvalue weighted by atomic mass is 9.93. The molecule has 1 aliphatic rings. The first kappa shape index (κ1) is 11.6. The monoisotopic (exact) mass is 223 g/mol. The van der Waals surface area contributed by atoms with Gasteiger partial charge < -0.3 is 15.0 Å². The van der Waals surface area contributed by atoms with Gasteiger partial charge in [-0.3, -0.25) is 0 Å². The molecular formula is C12H21N3O. The van der Waals surface area contributed by atoms with Crippen molar-refractivity contribution in [2.75, 3.05) is 13.7 Å². The molecule has 1 saturated heterocycles. The Morgan fingerprint density at radius 2 is 2.19 bits per heavy atom. The lowest BCUT2D eigenvalue weighted by Crippen LogP contribution is -2.17. The van der Waals surface area contributed by atoms with Gasteiger partial charge in [0.2, 0.25) is 0 Å². The molecule has 0 radical (unpaired) electrons. The Hall–Kier alpha value is -0.870. The Morgan fingerprint density at radius 1 is 1.44 bits per heavy atom. The third kappa shape index (κ3) is 2.28. The maximum atomic E-state index is 5.33. The third-order valence-electron chi connectivity index (χ3n) is 3.16. The van der Waals surface area contributed by atoms with E-state index in [2.05, 4.69) is 36.1 Å². The van der Waals surface area contributed by atoms with Crippen molar-refractivity contribution >= 4 is 0 Å². The zero-order valence-electron chi connectivity index (χ0n) is 10.5. The molecule has 0 bridgehead atoms. The molecule has 2 atom stereocenters. The van der Waals surface area contributed by atoms with Crippen molar-refractivity contribution in [2.24, 2.45) is 0 Å². The van der Waals surface area contributed by atoms with Crippen LogP contribution in [-0.2, 0) is 10.2 Å². The highest BCUT2D eigenvalue weighted by Gasteiger charge is 2.28. The third-order valence-corrected chi connectivity index (χ3v) is 3.16. The summed E-state index contributed by atoms with van der Waals surface area (Å²) in [6.07, 6.45) is 3.25. The van der Waals surface area contributed by atoms with Crippen LogP contribution in [0.1, 0.15) is 44.8 Å². The number of hydrogen-bond donors (Lipinski definition) is 2. The molecule has 0 aromatic carbocycles. The van der Waals surface area contributed by atoms with Crippen LogP contribution in [-0.4, -0.2) is 29.7 Å². The van der Waals surface area contributed by atoms with E-state index in [1.54, 1.807) is 7.11 Å². The van der Waals surface area contributed by atoms with Crippen LogP contribution < -0.4 is 5.32 Å². The maximum Gasteiger partial charge on any atom is 0.123 e. The Morgan fingerprint density at radius 3 is 2.69 bits per heavy atom. The number of aromatic nitrogens is 2. The van der Waals surface area contributed by atoms with Crippen LogP contribution >= 0.6 is 0 Å². The summed E-state index contributed by atoms with van der Waals surface area (Å²) in [7, 11) is 1.76. The Balaban J connectivity index is 2.08. The molecular weight excluding hydrogens is 202 g/mol. The topological polar surface area (TPSA) is 49.9 Å². The summed E-state index contributed by atoms with van der Waals surface area (Å²) in [5.41, 5.74) is 1.31. The first-order valence-electron chi connectivity index (χ1n) is 5.82. The molecule has 2 unspecified atom stereocenters. The van der Waals surface area contributed by atoms with E-state index in [0.717, 1.165) is 18.8 Å². The van der Waals surface area contributed by atoms with Gasteiger partial charge in [0.15, 0.2) is 0 Å². The van der Waals surface area contributed by atoms with E-state index >= 15 is 0 Å². The minimum atomic E-state index is 0.129. The number of imidazole rings is 1. The summed E-state index contributed by atoms with van der Waals surface area (Å²) >= 11 is 0. The van der Waals surface area contributed by atoms with Crippen LogP contribution in [0.25, 0.3) is 0 Å². The van der Waals surface area contributed by atoms with Crippen molar-refractivity contribution in [2.45, 2.75) is 44.8 Å². The van der Waals surface area contributed by atoms with E-state index in [0.29, 0.717) is 12.1 Å². The van der Waals surface area contributed by atoms with E-state index in [-0.39, 0.29) is 5.41 Å². The summed E-state index contributed by atoms with van der Waals surface area (Å²) in [6.45, 7) is 7.46.